The van der Waals surface area contributed by atoms with E-state index in [4.69, 9.17) is 9.47 Å². The highest BCUT2D eigenvalue weighted by molar-refractivity contribution is 7.91. The lowest BCUT2D eigenvalue weighted by Gasteiger charge is -2.46. The minimum absolute atomic E-state index is 0.233. The van der Waals surface area contributed by atoms with Crippen molar-refractivity contribution in [3.8, 4) is 11.5 Å². The molecule has 1 aliphatic heterocycles. The number of para-hydroxylation sites is 2. The van der Waals surface area contributed by atoms with E-state index in [0.29, 0.717) is 19.0 Å². The fraction of sp³-hybridized carbons (Fsp3) is 0.176. The van der Waals surface area contributed by atoms with Gasteiger partial charge < -0.3 is 14.4 Å². The van der Waals surface area contributed by atoms with E-state index in [2.05, 4.69) is 133 Å². The summed E-state index contributed by atoms with van der Waals surface area (Å²) in [4.78, 5) is 2.72. The van der Waals surface area contributed by atoms with E-state index < -0.39 is 15.3 Å². The van der Waals surface area contributed by atoms with Gasteiger partial charge in [-0.15, -0.1) is 0 Å². The van der Waals surface area contributed by atoms with Gasteiger partial charge in [-0.25, -0.2) is 8.42 Å². The molecule has 0 saturated heterocycles. The first-order chi connectivity index (χ1) is 28.0. The second-order valence-corrected chi connectivity index (χ2v) is 16.4. The third-order valence-electron chi connectivity index (χ3n) is 11.0. The normalized spacial score (nSPS) is 13.0. The minimum atomic E-state index is -3.76. The third-order valence-corrected chi connectivity index (χ3v) is 12.7. The highest BCUT2D eigenvalue weighted by Gasteiger charge is 2.46. The van der Waals surface area contributed by atoms with Crippen LogP contribution in [0.2, 0.25) is 0 Å². The third kappa shape index (κ3) is 7.58. The number of benzene rings is 7. The number of hydrogen-bond donors (Lipinski definition) is 0. The van der Waals surface area contributed by atoms with Gasteiger partial charge in [0.05, 0.1) is 39.8 Å². The highest BCUT2D eigenvalue weighted by atomic mass is 32.2. The van der Waals surface area contributed by atoms with Crippen molar-refractivity contribution in [1.82, 2.24) is 0 Å². The van der Waals surface area contributed by atoms with Crippen LogP contribution >= 0.6 is 0 Å². The van der Waals surface area contributed by atoms with E-state index in [-0.39, 0.29) is 9.79 Å². The van der Waals surface area contributed by atoms with Crippen LogP contribution in [0.1, 0.15) is 60.4 Å². The van der Waals surface area contributed by atoms with E-state index in [1.54, 1.807) is 36.4 Å². The van der Waals surface area contributed by atoms with Crippen molar-refractivity contribution in [2.75, 3.05) is 18.1 Å². The molecule has 5 nitrogen and oxygen atoms in total. The number of sulfone groups is 1. The molecule has 6 heteroatoms. The van der Waals surface area contributed by atoms with Crippen LogP contribution in [0.3, 0.4) is 0 Å². The number of ether oxygens (including phenoxy) is 2. The molecular weight excluding hydrogens is 723 g/mol. The van der Waals surface area contributed by atoms with Crippen LogP contribution in [-0.2, 0) is 21.7 Å². The van der Waals surface area contributed by atoms with Crippen molar-refractivity contribution in [1.29, 1.82) is 0 Å². The smallest absolute Gasteiger partial charge is 0.206 e. The number of fused-ring (bicyclic) bond motifs is 2. The second kappa shape index (κ2) is 16.9. The first kappa shape index (κ1) is 37.8. The molecule has 286 valence electrons. The minimum Gasteiger partial charge on any atom is -0.494 e. The first-order valence-corrected chi connectivity index (χ1v) is 21.4. The zero-order chi connectivity index (χ0) is 39.1. The summed E-state index contributed by atoms with van der Waals surface area (Å²) < 4.78 is 39.6. The van der Waals surface area contributed by atoms with Crippen molar-refractivity contribution in [3.63, 3.8) is 0 Å². The number of hydrogen-bond acceptors (Lipinski definition) is 5. The number of aryl methyl sites for hydroxylation is 1. The molecule has 0 aromatic heterocycles. The largest absolute Gasteiger partial charge is 0.494 e. The SMILES string of the molecule is CCc1ccc(OCCCCCCOc2ccc(S(=O)(=O)c3ccc(N4c5ccccc5C(c5ccccc5)(c5ccccc5)c5ccccc54)cc3)cc2)cc1. The van der Waals surface area contributed by atoms with Crippen LogP contribution in [0, 0.1) is 0 Å². The van der Waals surface area contributed by atoms with Crippen LogP contribution in [0.25, 0.3) is 0 Å². The van der Waals surface area contributed by atoms with Crippen LogP contribution in [0.4, 0.5) is 17.1 Å². The molecule has 0 radical (unpaired) electrons. The molecule has 57 heavy (non-hydrogen) atoms. The van der Waals surface area contributed by atoms with Gasteiger partial charge in [0.25, 0.3) is 0 Å². The lowest BCUT2D eigenvalue weighted by molar-refractivity contribution is 0.287. The van der Waals surface area contributed by atoms with Gasteiger partial charge in [-0.3, -0.25) is 0 Å². The lowest BCUT2D eigenvalue weighted by atomic mass is 9.62. The Bertz CT molecular complexity index is 2410. The van der Waals surface area contributed by atoms with Gasteiger partial charge in [0.15, 0.2) is 0 Å². The van der Waals surface area contributed by atoms with Gasteiger partial charge in [-0.05, 0) is 133 Å². The summed E-state index contributed by atoms with van der Waals surface area (Å²) in [6, 6.07) is 60.7. The Kier molecular flexibility index (Phi) is 11.2. The highest BCUT2D eigenvalue weighted by Crippen LogP contribution is 2.57. The van der Waals surface area contributed by atoms with Crippen molar-refractivity contribution >= 4 is 26.9 Å². The van der Waals surface area contributed by atoms with Gasteiger partial charge >= 0.3 is 0 Å². The number of rotatable bonds is 15. The second-order valence-electron chi connectivity index (χ2n) is 14.4. The summed E-state index contributed by atoms with van der Waals surface area (Å²) in [7, 11) is -3.76. The molecule has 1 heterocycles. The summed E-state index contributed by atoms with van der Waals surface area (Å²) in [6.07, 6.45) is 5.04. The molecule has 0 N–H and O–H groups in total. The quantitative estimate of drug-likeness (QED) is 0.0972. The Hall–Kier alpha value is -6.11. The summed E-state index contributed by atoms with van der Waals surface area (Å²) in [5.74, 6) is 1.58. The molecule has 7 aromatic carbocycles. The molecule has 0 bridgehead atoms. The van der Waals surface area contributed by atoms with E-state index in [1.165, 1.54) is 16.7 Å². The average molecular weight is 770 g/mol. The standard InChI is InChI=1S/C51H47NO4S/c1-2-39-25-29-43(30-26-39)55-37-15-3-4-16-38-56-44-31-35-46(36-32-44)57(53,54)45-33-27-42(28-34-45)52-49-23-13-11-21-47(49)51(40-17-7-5-8-18-40,41-19-9-6-10-20-41)48-22-12-14-24-50(48)52/h5-14,17-36H,2-4,15-16,37-38H2,1H3. The molecule has 0 saturated carbocycles. The van der Waals surface area contributed by atoms with Crippen molar-refractivity contribution < 1.29 is 17.9 Å². The molecule has 0 amide bonds. The van der Waals surface area contributed by atoms with Crippen molar-refractivity contribution in [2.45, 2.75) is 54.2 Å². The zero-order valence-electron chi connectivity index (χ0n) is 32.3. The van der Waals surface area contributed by atoms with Gasteiger partial charge in [-0.2, -0.15) is 0 Å². The van der Waals surface area contributed by atoms with Crippen molar-refractivity contribution in [2.24, 2.45) is 0 Å². The lowest BCUT2D eigenvalue weighted by Crippen LogP contribution is -2.37. The maximum Gasteiger partial charge on any atom is 0.206 e. The molecule has 7 aromatic rings. The van der Waals surface area contributed by atoms with E-state index in [1.807, 2.05) is 24.3 Å². The summed E-state index contributed by atoms with van der Waals surface area (Å²) >= 11 is 0. The van der Waals surface area contributed by atoms with Gasteiger partial charge in [-0.1, -0.05) is 116 Å². The first-order valence-electron chi connectivity index (χ1n) is 19.9. The Balaban J connectivity index is 0.960. The van der Waals surface area contributed by atoms with Crippen LogP contribution in [0.5, 0.6) is 11.5 Å². The van der Waals surface area contributed by atoms with Crippen LogP contribution < -0.4 is 14.4 Å². The Labute approximate surface area is 337 Å². The van der Waals surface area contributed by atoms with Gasteiger partial charge in [0.2, 0.25) is 9.84 Å². The predicted molar refractivity (Wildman–Crippen MR) is 230 cm³/mol. The number of anilines is 3. The Morgan fingerprint density at radius 2 is 0.895 bits per heavy atom. The molecule has 0 aliphatic carbocycles. The monoisotopic (exact) mass is 769 g/mol. The maximum absolute atomic E-state index is 13.9. The van der Waals surface area contributed by atoms with Crippen molar-refractivity contribution in [3.05, 3.63) is 210 Å². The summed E-state index contributed by atoms with van der Waals surface area (Å²) in [5, 5.41) is 0. The molecule has 0 spiro atoms. The summed E-state index contributed by atoms with van der Waals surface area (Å²) in [6.45, 7) is 3.43. The molecule has 0 unspecified atom stereocenters. The number of unbranched alkanes of at least 4 members (excludes halogenated alkanes) is 3. The number of nitrogens with zero attached hydrogens (tertiary/aromatic N) is 1. The van der Waals surface area contributed by atoms with Crippen LogP contribution in [0.15, 0.2) is 192 Å². The fourth-order valence-corrected chi connectivity index (χ4v) is 9.33. The van der Waals surface area contributed by atoms with E-state index in [9.17, 15) is 8.42 Å². The van der Waals surface area contributed by atoms with E-state index in [0.717, 1.165) is 66.0 Å². The van der Waals surface area contributed by atoms with Gasteiger partial charge in [0.1, 0.15) is 11.5 Å². The predicted octanol–water partition coefficient (Wildman–Crippen LogP) is 12.3. The Morgan fingerprint density at radius 1 is 0.474 bits per heavy atom. The molecule has 0 fully saturated rings. The maximum atomic E-state index is 13.9. The van der Waals surface area contributed by atoms with Gasteiger partial charge in [0, 0.05) is 5.69 Å². The Morgan fingerprint density at radius 3 is 1.37 bits per heavy atom. The molecule has 0 atom stereocenters. The molecule has 1 aliphatic rings. The molecular formula is C51H47NO4S. The van der Waals surface area contributed by atoms with Crippen LogP contribution in [-0.4, -0.2) is 21.6 Å². The topological polar surface area (TPSA) is 55.8 Å². The fourth-order valence-electron chi connectivity index (χ4n) is 8.07. The van der Waals surface area contributed by atoms with E-state index >= 15 is 0 Å². The zero-order valence-corrected chi connectivity index (χ0v) is 33.1. The average Bonchev–Trinajstić information content (AvgIpc) is 3.27. The molecule has 8 rings (SSSR count). The summed E-state index contributed by atoms with van der Waals surface area (Å²) in [5.41, 5.74) is 8.36.